The zero-order valence-electron chi connectivity index (χ0n) is 10.8. The number of aromatic nitrogens is 2. The van der Waals surface area contributed by atoms with Crippen LogP contribution >= 0.6 is 15.9 Å². The lowest BCUT2D eigenvalue weighted by atomic mass is 9.97. The van der Waals surface area contributed by atoms with E-state index in [1.165, 1.54) is 6.07 Å². The molecule has 0 saturated carbocycles. The minimum atomic E-state index is -0.306. The van der Waals surface area contributed by atoms with Crippen LogP contribution in [0.25, 0.3) is 5.69 Å². The van der Waals surface area contributed by atoms with E-state index < -0.39 is 0 Å². The molecule has 2 N–H and O–H groups in total. The van der Waals surface area contributed by atoms with Crippen molar-refractivity contribution >= 4 is 15.9 Å². The Hall–Kier alpha value is -1.24. The molecule has 20 heavy (non-hydrogen) atoms. The average molecular weight is 340 g/mol. The summed E-state index contributed by atoms with van der Waals surface area (Å²) in [5, 5.41) is 0. The van der Waals surface area contributed by atoms with Gasteiger partial charge in [0.05, 0.1) is 35.3 Å². The largest absolute Gasteiger partial charge is 0.381 e. The Morgan fingerprint density at radius 3 is 3.05 bits per heavy atom. The minimum Gasteiger partial charge on any atom is -0.381 e. The Labute approximate surface area is 124 Å². The molecule has 106 valence electrons. The van der Waals surface area contributed by atoms with Gasteiger partial charge >= 0.3 is 0 Å². The van der Waals surface area contributed by atoms with Crippen molar-refractivity contribution in [2.24, 2.45) is 11.7 Å². The highest BCUT2D eigenvalue weighted by Gasteiger charge is 2.26. The SMILES string of the molecule is NC(c1cncn1-c1ccc(Br)c(F)c1)C1CCOC1. The smallest absolute Gasteiger partial charge is 0.139 e. The van der Waals surface area contributed by atoms with E-state index in [1.54, 1.807) is 18.6 Å². The lowest BCUT2D eigenvalue weighted by molar-refractivity contribution is 0.180. The quantitative estimate of drug-likeness (QED) is 0.935. The third-order valence-corrected chi connectivity index (χ3v) is 4.31. The lowest BCUT2D eigenvalue weighted by Gasteiger charge is -2.19. The molecule has 2 heterocycles. The van der Waals surface area contributed by atoms with Crippen molar-refractivity contribution in [3.05, 3.63) is 46.7 Å². The summed E-state index contributed by atoms with van der Waals surface area (Å²) >= 11 is 3.15. The highest BCUT2D eigenvalue weighted by molar-refractivity contribution is 9.10. The van der Waals surface area contributed by atoms with Crippen LogP contribution in [-0.4, -0.2) is 22.8 Å². The first kappa shape index (κ1) is 13.7. The van der Waals surface area contributed by atoms with E-state index in [2.05, 4.69) is 20.9 Å². The van der Waals surface area contributed by atoms with Crippen molar-refractivity contribution in [3.8, 4) is 5.69 Å². The van der Waals surface area contributed by atoms with E-state index in [0.29, 0.717) is 16.8 Å². The highest BCUT2D eigenvalue weighted by atomic mass is 79.9. The van der Waals surface area contributed by atoms with Gasteiger partial charge in [0.2, 0.25) is 0 Å². The van der Waals surface area contributed by atoms with Crippen LogP contribution in [0.1, 0.15) is 18.2 Å². The Bertz CT molecular complexity index is 610. The van der Waals surface area contributed by atoms with Gasteiger partial charge in [0, 0.05) is 18.2 Å². The molecule has 1 aliphatic heterocycles. The number of hydrogen-bond donors (Lipinski definition) is 1. The van der Waals surface area contributed by atoms with Crippen molar-refractivity contribution in [1.82, 2.24) is 9.55 Å². The van der Waals surface area contributed by atoms with Gasteiger partial charge in [0.1, 0.15) is 5.82 Å². The summed E-state index contributed by atoms with van der Waals surface area (Å²) in [7, 11) is 0. The van der Waals surface area contributed by atoms with Crippen LogP contribution in [0.15, 0.2) is 35.2 Å². The molecule has 0 aliphatic carbocycles. The molecule has 1 saturated heterocycles. The maximum atomic E-state index is 13.7. The Balaban J connectivity index is 1.94. The molecular formula is C14H15BrFN3O. The van der Waals surface area contributed by atoms with Crippen LogP contribution < -0.4 is 5.73 Å². The first-order valence-electron chi connectivity index (χ1n) is 6.48. The van der Waals surface area contributed by atoms with Gasteiger partial charge in [-0.05, 0) is 40.5 Å². The van der Waals surface area contributed by atoms with Crippen LogP contribution in [0.5, 0.6) is 0 Å². The zero-order valence-corrected chi connectivity index (χ0v) is 12.4. The maximum absolute atomic E-state index is 13.7. The van der Waals surface area contributed by atoms with E-state index in [-0.39, 0.29) is 17.8 Å². The summed E-state index contributed by atoms with van der Waals surface area (Å²) in [6, 6.07) is 4.81. The number of benzene rings is 1. The van der Waals surface area contributed by atoms with Gasteiger partial charge < -0.3 is 15.0 Å². The van der Waals surface area contributed by atoms with Gasteiger partial charge in [-0.25, -0.2) is 9.37 Å². The second-order valence-corrected chi connectivity index (χ2v) is 5.79. The average Bonchev–Trinajstić information content (AvgIpc) is 3.11. The molecule has 0 amide bonds. The molecular weight excluding hydrogens is 325 g/mol. The minimum absolute atomic E-state index is 0.160. The first-order valence-corrected chi connectivity index (χ1v) is 7.27. The predicted molar refractivity (Wildman–Crippen MR) is 77.1 cm³/mol. The number of nitrogens with zero attached hydrogens (tertiary/aromatic N) is 2. The Morgan fingerprint density at radius 1 is 1.50 bits per heavy atom. The van der Waals surface area contributed by atoms with Crippen LogP contribution in [0, 0.1) is 11.7 Å². The molecule has 2 atom stereocenters. The number of ether oxygens (including phenoxy) is 1. The predicted octanol–water partition coefficient (Wildman–Crippen LogP) is 2.81. The molecule has 3 rings (SSSR count). The molecule has 0 spiro atoms. The lowest BCUT2D eigenvalue weighted by Crippen LogP contribution is -2.24. The normalized spacial score (nSPS) is 20.2. The third kappa shape index (κ3) is 2.51. The number of hydrogen-bond acceptors (Lipinski definition) is 3. The Morgan fingerprint density at radius 2 is 2.35 bits per heavy atom. The van der Waals surface area contributed by atoms with E-state index in [0.717, 1.165) is 18.7 Å². The highest BCUT2D eigenvalue weighted by Crippen LogP contribution is 2.28. The van der Waals surface area contributed by atoms with Gasteiger partial charge in [-0.2, -0.15) is 0 Å². The van der Waals surface area contributed by atoms with Crippen molar-refractivity contribution < 1.29 is 9.13 Å². The molecule has 2 aromatic rings. The van der Waals surface area contributed by atoms with Gasteiger partial charge in [-0.3, -0.25) is 0 Å². The summed E-state index contributed by atoms with van der Waals surface area (Å²) in [5.41, 5.74) is 7.90. The number of nitrogens with two attached hydrogens (primary N) is 1. The second kappa shape index (κ2) is 5.63. The molecule has 2 unspecified atom stereocenters. The summed E-state index contributed by atoms with van der Waals surface area (Å²) in [6.07, 6.45) is 4.34. The molecule has 0 bridgehead atoms. The van der Waals surface area contributed by atoms with Crippen LogP contribution in [0.3, 0.4) is 0 Å². The molecule has 4 nitrogen and oxygen atoms in total. The molecule has 0 radical (unpaired) electrons. The second-order valence-electron chi connectivity index (χ2n) is 4.94. The standard InChI is InChI=1S/C14H15BrFN3O/c15-11-2-1-10(5-12(11)16)19-8-18-6-13(19)14(17)9-3-4-20-7-9/h1-2,5-6,8-9,14H,3-4,7,17H2. The van der Waals surface area contributed by atoms with E-state index in [1.807, 2.05) is 10.6 Å². The van der Waals surface area contributed by atoms with Crippen molar-refractivity contribution in [3.63, 3.8) is 0 Å². The number of halogens is 2. The zero-order chi connectivity index (χ0) is 14.1. The maximum Gasteiger partial charge on any atom is 0.139 e. The third-order valence-electron chi connectivity index (χ3n) is 3.66. The fraction of sp³-hybridized carbons (Fsp3) is 0.357. The van der Waals surface area contributed by atoms with E-state index in [4.69, 9.17) is 10.5 Å². The number of imidazole rings is 1. The fourth-order valence-corrected chi connectivity index (χ4v) is 2.73. The number of rotatable bonds is 3. The van der Waals surface area contributed by atoms with Crippen LogP contribution in [0.4, 0.5) is 4.39 Å². The monoisotopic (exact) mass is 339 g/mol. The summed E-state index contributed by atoms with van der Waals surface area (Å²) < 4.78 is 21.3. The van der Waals surface area contributed by atoms with Gasteiger partial charge in [-0.1, -0.05) is 0 Å². The van der Waals surface area contributed by atoms with E-state index in [9.17, 15) is 4.39 Å². The fourth-order valence-electron chi connectivity index (χ4n) is 2.48. The molecule has 6 heteroatoms. The molecule has 1 aliphatic rings. The molecule has 1 aromatic carbocycles. The van der Waals surface area contributed by atoms with E-state index >= 15 is 0 Å². The summed E-state index contributed by atoms with van der Waals surface area (Å²) in [5.74, 6) is -0.0225. The van der Waals surface area contributed by atoms with Crippen LogP contribution in [-0.2, 0) is 4.74 Å². The van der Waals surface area contributed by atoms with Crippen molar-refractivity contribution in [2.45, 2.75) is 12.5 Å². The summed E-state index contributed by atoms with van der Waals surface area (Å²) in [6.45, 7) is 1.42. The van der Waals surface area contributed by atoms with Gasteiger partial charge in [0.25, 0.3) is 0 Å². The van der Waals surface area contributed by atoms with Crippen molar-refractivity contribution in [1.29, 1.82) is 0 Å². The van der Waals surface area contributed by atoms with Gasteiger partial charge in [-0.15, -0.1) is 0 Å². The molecule has 1 aromatic heterocycles. The first-order chi connectivity index (χ1) is 9.66. The Kier molecular flexibility index (Phi) is 3.87. The van der Waals surface area contributed by atoms with Crippen LogP contribution in [0.2, 0.25) is 0 Å². The topological polar surface area (TPSA) is 53.1 Å². The summed E-state index contributed by atoms with van der Waals surface area (Å²) in [4.78, 5) is 4.15. The molecule has 1 fully saturated rings. The van der Waals surface area contributed by atoms with Gasteiger partial charge in [0.15, 0.2) is 0 Å². The van der Waals surface area contributed by atoms with Crippen molar-refractivity contribution in [2.75, 3.05) is 13.2 Å².